The molecule has 0 saturated carbocycles. The first kappa shape index (κ1) is 20.0. The number of nitrogens with one attached hydrogen (secondary N) is 2. The van der Waals surface area contributed by atoms with Gasteiger partial charge in [-0.25, -0.2) is 15.4 Å². The Labute approximate surface area is 164 Å². The molecule has 0 fully saturated rings. The molecule has 8 heteroatoms. The SMILES string of the molecule is O=C(CCCCCCCCCCn1cc(-c2ncnc3[nH]ccc23)cn1)NO. The number of aromatic amines is 1. The Morgan fingerprint density at radius 1 is 1.07 bits per heavy atom. The molecule has 3 aromatic heterocycles. The van der Waals surface area contributed by atoms with Crippen molar-refractivity contribution in [3.63, 3.8) is 0 Å². The van der Waals surface area contributed by atoms with Gasteiger partial charge in [-0.3, -0.25) is 14.7 Å². The van der Waals surface area contributed by atoms with E-state index in [1.165, 1.54) is 25.7 Å². The minimum atomic E-state index is -0.293. The fourth-order valence-electron chi connectivity index (χ4n) is 3.39. The zero-order chi connectivity index (χ0) is 19.6. The summed E-state index contributed by atoms with van der Waals surface area (Å²) in [6, 6.07) is 1.99. The predicted octanol–water partition coefficient (Wildman–Crippen LogP) is 3.84. The second kappa shape index (κ2) is 10.6. The molecule has 0 aromatic carbocycles. The number of aryl methyl sites for hydroxylation is 1. The Bertz CT molecular complexity index is 872. The molecule has 0 saturated heterocycles. The fraction of sp³-hybridized carbons (Fsp3) is 0.500. The maximum atomic E-state index is 10.9. The van der Waals surface area contributed by atoms with Crippen LogP contribution in [0.15, 0.2) is 31.0 Å². The second-order valence-electron chi connectivity index (χ2n) is 7.07. The van der Waals surface area contributed by atoms with E-state index in [2.05, 4.69) is 26.2 Å². The minimum absolute atomic E-state index is 0.293. The lowest BCUT2D eigenvalue weighted by atomic mass is 10.1. The lowest BCUT2D eigenvalue weighted by molar-refractivity contribution is -0.129. The van der Waals surface area contributed by atoms with E-state index in [9.17, 15) is 4.79 Å². The molecule has 0 unspecified atom stereocenters. The summed E-state index contributed by atoms with van der Waals surface area (Å²) in [6.07, 6.45) is 16.8. The normalized spacial score (nSPS) is 11.2. The van der Waals surface area contributed by atoms with E-state index in [0.29, 0.717) is 6.42 Å². The van der Waals surface area contributed by atoms with Crippen molar-refractivity contribution in [2.75, 3.05) is 0 Å². The van der Waals surface area contributed by atoms with Gasteiger partial charge >= 0.3 is 0 Å². The van der Waals surface area contributed by atoms with Gasteiger partial charge in [-0.1, -0.05) is 38.5 Å². The molecular formula is C20H28N6O2. The summed E-state index contributed by atoms with van der Waals surface area (Å²) >= 11 is 0. The average Bonchev–Trinajstić information content (AvgIpc) is 3.38. The fourth-order valence-corrected chi connectivity index (χ4v) is 3.39. The van der Waals surface area contributed by atoms with Crippen molar-refractivity contribution < 1.29 is 10.0 Å². The highest BCUT2D eigenvalue weighted by molar-refractivity contribution is 5.89. The molecule has 0 spiro atoms. The number of hydrogen-bond donors (Lipinski definition) is 3. The lowest BCUT2D eigenvalue weighted by Crippen LogP contribution is -2.17. The van der Waals surface area contributed by atoms with Crippen LogP contribution in [-0.2, 0) is 11.3 Å². The molecule has 0 aliphatic carbocycles. The van der Waals surface area contributed by atoms with Crippen molar-refractivity contribution in [2.24, 2.45) is 0 Å². The van der Waals surface area contributed by atoms with E-state index in [4.69, 9.17) is 5.21 Å². The number of hydroxylamine groups is 1. The number of amides is 1. The number of rotatable bonds is 12. The van der Waals surface area contributed by atoms with Gasteiger partial charge in [0, 0.05) is 36.3 Å². The van der Waals surface area contributed by atoms with Crippen LogP contribution in [0.1, 0.15) is 57.8 Å². The van der Waals surface area contributed by atoms with Gasteiger partial charge in [0.15, 0.2) is 0 Å². The van der Waals surface area contributed by atoms with Crippen molar-refractivity contribution in [1.29, 1.82) is 0 Å². The number of carbonyl (C=O) groups excluding carboxylic acids is 1. The first-order chi connectivity index (χ1) is 13.8. The highest BCUT2D eigenvalue weighted by Crippen LogP contribution is 2.24. The second-order valence-corrected chi connectivity index (χ2v) is 7.07. The predicted molar refractivity (Wildman–Crippen MR) is 107 cm³/mol. The standard InChI is InChI=1S/C20H28N6O2/c27-18(25-28)9-7-5-3-1-2-4-6-8-12-26-14-16(13-24-26)19-17-10-11-21-20(17)23-15-22-19/h10-11,13-15,28H,1-9,12H2,(H,25,27)(H,21,22,23). The zero-order valence-corrected chi connectivity index (χ0v) is 16.1. The van der Waals surface area contributed by atoms with Crippen molar-refractivity contribution >= 4 is 16.9 Å². The number of H-pyrrole nitrogens is 1. The van der Waals surface area contributed by atoms with Crippen LogP contribution in [-0.4, -0.2) is 35.8 Å². The molecule has 3 rings (SSSR count). The first-order valence-electron chi connectivity index (χ1n) is 10.0. The molecule has 150 valence electrons. The van der Waals surface area contributed by atoms with Gasteiger partial charge in [0.25, 0.3) is 0 Å². The van der Waals surface area contributed by atoms with E-state index in [1.807, 2.05) is 23.1 Å². The number of unbranched alkanes of at least 4 members (excludes halogenated alkanes) is 7. The number of aromatic nitrogens is 5. The Balaban J connectivity index is 1.30. The number of carbonyl (C=O) groups is 1. The average molecular weight is 384 g/mol. The quantitative estimate of drug-likeness (QED) is 0.250. The Kier molecular flexibility index (Phi) is 7.54. The summed E-state index contributed by atoms with van der Waals surface area (Å²) in [5, 5.41) is 13.9. The van der Waals surface area contributed by atoms with Gasteiger partial charge in [-0.2, -0.15) is 5.10 Å². The maximum absolute atomic E-state index is 10.9. The molecule has 0 atom stereocenters. The van der Waals surface area contributed by atoms with Crippen LogP contribution < -0.4 is 5.48 Å². The van der Waals surface area contributed by atoms with Crippen LogP contribution in [0.25, 0.3) is 22.3 Å². The number of nitrogens with zero attached hydrogens (tertiary/aromatic N) is 4. The Hall–Kier alpha value is -2.74. The number of hydrogen-bond acceptors (Lipinski definition) is 5. The zero-order valence-electron chi connectivity index (χ0n) is 16.1. The highest BCUT2D eigenvalue weighted by Gasteiger charge is 2.09. The lowest BCUT2D eigenvalue weighted by Gasteiger charge is -2.03. The Morgan fingerprint density at radius 2 is 1.82 bits per heavy atom. The van der Waals surface area contributed by atoms with Crippen molar-refractivity contribution in [1.82, 2.24) is 30.2 Å². The molecule has 0 aliphatic rings. The molecule has 3 N–H and O–H groups in total. The molecule has 1 amide bonds. The van der Waals surface area contributed by atoms with E-state index >= 15 is 0 Å². The smallest absolute Gasteiger partial charge is 0.243 e. The van der Waals surface area contributed by atoms with E-state index in [1.54, 1.807) is 11.8 Å². The topological polar surface area (TPSA) is 109 Å². The van der Waals surface area contributed by atoms with Gasteiger partial charge in [0.2, 0.25) is 5.91 Å². The van der Waals surface area contributed by atoms with Gasteiger partial charge in [0.05, 0.1) is 11.9 Å². The van der Waals surface area contributed by atoms with E-state index < -0.39 is 0 Å². The number of fused-ring (bicyclic) bond motifs is 1. The minimum Gasteiger partial charge on any atom is -0.346 e. The van der Waals surface area contributed by atoms with E-state index in [0.717, 1.165) is 54.5 Å². The Morgan fingerprint density at radius 3 is 2.61 bits per heavy atom. The molecule has 3 aromatic rings. The molecule has 8 nitrogen and oxygen atoms in total. The third-order valence-corrected chi connectivity index (χ3v) is 4.93. The summed E-state index contributed by atoms with van der Waals surface area (Å²) < 4.78 is 1.99. The van der Waals surface area contributed by atoms with E-state index in [-0.39, 0.29) is 5.91 Å². The maximum Gasteiger partial charge on any atom is 0.243 e. The summed E-state index contributed by atoms with van der Waals surface area (Å²) in [7, 11) is 0. The summed E-state index contributed by atoms with van der Waals surface area (Å²) in [5.41, 5.74) is 4.44. The molecular weight excluding hydrogens is 356 g/mol. The van der Waals surface area contributed by atoms with Crippen LogP contribution in [0.2, 0.25) is 0 Å². The molecule has 0 radical (unpaired) electrons. The summed E-state index contributed by atoms with van der Waals surface area (Å²) in [4.78, 5) is 22.6. The van der Waals surface area contributed by atoms with Crippen LogP contribution in [0.3, 0.4) is 0 Å². The van der Waals surface area contributed by atoms with Crippen molar-refractivity contribution in [3.05, 3.63) is 31.0 Å². The molecule has 28 heavy (non-hydrogen) atoms. The monoisotopic (exact) mass is 384 g/mol. The van der Waals surface area contributed by atoms with Gasteiger partial charge in [-0.05, 0) is 18.9 Å². The molecule has 0 bridgehead atoms. The summed E-state index contributed by atoms with van der Waals surface area (Å²) in [5.74, 6) is -0.293. The van der Waals surface area contributed by atoms with Crippen molar-refractivity contribution in [2.45, 2.75) is 64.3 Å². The van der Waals surface area contributed by atoms with Crippen molar-refractivity contribution in [3.8, 4) is 11.3 Å². The third kappa shape index (κ3) is 5.63. The van der Waals surface area contributed by atoms with Crippen LogP contribution in [0.4, 0.5) is 0 Å². The van der Waals surface area contributed by atoms with Crippen LogP contribution >= 0.6 is 0 Å². The largest absolute Gasteiger partial charge is 0.346 e. The van der Waals surface area contributed by atoms with Crippen LogP contribution in [0.5, 0.6) is 0 Å². The van der Waals surface area contributed by atoms with Gasteiger partial charge in [0.1, 0.15) is 12.0 Å². The van der Waals surface area contributed by atoms with Gasteiger partial charge < -0.3 is 4.98 Å². The highest BCUT2D eigenvalue weighted by atomic mass is 16.5. The molecule has 0 aliphatic heterocycles. The molecule has 3 heterocycles. The third-order valence-electron chi connectivity index (χ3n) is 4.93. The van der Waals surface area contributed by atoms with Gasteiger partial charge in [-0.15, -0.1) is 0 Å². The van der Waals surface area contributed by atoms with Crippen LogP contribution in [0, 0.1) is 0 Å². The summed E-state index contributed by atoms with van der Waals surface area (Å²) in [6.45, 7) is 0.914. The first-order valence-corrected chi connectivity index (χ1v) is 10.0.